The molecule has 0 aromatic heterocycles. The first-order valence-corrected chi connectivity index (χ1v) is 13.4. The van der Waals surface area contributed by atoms with Gasteiger partial charge in [0.1, 0.15) is 6.61 Å². The van der Waals surface area contributed by atoms with E-state index in [1.54, 1.807) is 4.90 Å². The van der Waals surface area contributed by atoms with Gasteiger partial charge in [-0.25, -0.2) is 4.79 Å². The van der Waals surface area contributed by atoms with Crippen LogP contribution in [-0.2, 0) is 27.9 Å². The maximum absolute atomic E-state index is 13.1. The summed E-state index contributed by atoms with van der Waals surface area (Å²) in [7, 11) is -3.66. The van der Waals surface area contributed by atoms with E-state index in [1.807, 2.05) is 81.4 Å². The van der Waals surface area contributed by atoms with Gasteiger partial charge in [-0.1, -0.05) is 67.6 Å². The van der Waals surface area contributed by atoms with Crippen LogP contribution in [0.1, 0.15) is 51.2 Å². The zero-order chi connectivity index (χ0) is 24.6. The Labute approximate surface area is 204 Å². The first-order valence-electron chi connectivity index (χ1n) is 12.0. The highest BCUT2D eigenvalue weighted by molar-refractivity contribution is 7.87. The van der Waals surface area contributed by atoms with E-state index in [1.165, 1.54) is 4.31 Å². The molecule has 1 fully saturated rings. The van der Waals surface area contributed by atoms with E-state index in [2.05, 4.69) is 4.72 Å². The highest BCUT2D eigenvalue weighted by atomic mass is 32.2. The quantitative estimate of drug-likeness (QED) is 0.511. The van der Waals surface area contributed by atoms with Crippen molar-refractivity contribution in [2.45, 2.75) is 64.6 Å². The van der Waals surface area contributed by atoms with Crippen LogP contribution in [0.5, 0.6) is 0 Å². The largest absolute Gasteiger partial charge is 0.448 e. The van der Waals surface area contributed by atoms with Crippen molar-refractivity contribution in [3.05, 3.63) is 71.8 Å². The van der Waals surface area contributed by atoms with Crippen LogP contribution in [0.25, 0.3) is 0 Å². The fraction of sp³-hybridized carbons (Fsp3) is 0.500. The van der Waals surface area contributed by atoms with Crippen molar-refractivity contribution in [2.24, 2.45) is 0 Å². The van der Waals surface area contributed by atoms with E-state index in [9.17, 15) is 13.2 Å². The van der Waals surface area contributed by atoms with Gasteiger partial charge in [-0.3, -0.25) is 0 Å². The molecule has 1 saturated heterocycles. The van der Waals surface area contributed by atoms with E-state index in [0.29, 0.717) is 38.9 Å². The van der Waals surface area contributed by atoms with Gasteiger partial charge in [0.25, 0.3) is 10.2 Å². The number of carbonyl (C=O) groups is 1. The topological polar surface area (TPSA) is 79.0 Å². The van der Waals surface area contributed by atoms with Gasteiger partial charge < -0.3 is 9.64 Å². The predicted molar refractivity (Wildman–Crippen MR) is 134 cm³/mol. The Bertz CT molecular complexity index is 1010. The van der Waals surface area contributed by atoms with Crippen LogP contribution in [0.4, 0.5) is 4.79 Å². The number of carbonyl (C=O) groups excluding carboxylic acids is 1. The van der Waals surface area contributed by atoms with Gasteiger partial charge in [0.2, 0.25) is 0 Å². The van der Waals surface area contributed by atoms with Crippen molar-refractivity contribution >= 4 is 16.3 Å². The molecule has 0 aliphatic carbocycles. The van der Waals surface area contributed by atoms with Crippen LogP contribution in [0.3, 0.4) is 0 Å². The van der Waals surface area contributed by atoms with Gasteiger partial charge in [0, 0.05) is 25.2 Å². The second kappa shape index (κ2) is 11.8. The number of hydrogen-bond donors (Lipinski definition) is 1. The Balaban J connectivity index is 1.64. The minimum atomic E-state index is -3.66. The lowest BCUT2D eigenvalue weighted by atomic mass is 10.0. The van der Waals surface area contributed by atoms with E-state index in [0.717, 1.165) is 17.5 Å². The highest BCUT2D eigenvalue weighted by Gasteiger charge is 2.37. The van der Waals surface area contributed by atoms with Gasteiger partial charge in [-0.2, -0.15) is 17.4 Å². The molecular formula is C26H37N3O4S. The monoisotopic (exact) mass is 487 g/mol. The Hall–Kier alpha value is -2.42. The first kappa shape index (κ1) is 26.2. The van der Waals surface area contributed by atoms with Gasteiger partial charge in [0.05, 0.1) is 6.04 Å². The molecule has 1 amide bonds. The molecule has 1 atom stereocenters. The second-order valence-electron chi connectivity index (χ2n) is 9.47. The van der Waals surface area contributed by atoms with Crippen molar-refractivity contribution in [1.29, 1.82) is 0 Å². The standard InChI is InChI=1S/C26H37N3O4S/c1-4-26(2,3)27-34(31,32)29-18-11-16-24(29)21-33-25(30)28(20-23-14-9-6-10-15-23)19-17-22-12-7-5-8-13-22/h5-10,12-15,24,27H,4,11,16-21H2,1-3H3/t24-/m0/s1. The maximum atomic E-state index is 13.1. The molecule has 1 aliphatic rings. The van der Waals surface area contributed by atoms with Crippen LogP contribution in [0.2, 0.25) is 0 Å². The van der Waals surface area contributed by atoms with Crippen LogP contribution >= 0.6 is 0 Å². The molecule has 0 saturated carbocycles. The molecule has 186 valence electrons. The number of nitrogens with one attached hydrogen (secondary N) is 1. The molecule has 1 N–H and O–H groups in total. The summed E-state index contributed by atoms with van der Waals surface area (Å²) in [6.45, 7) is 7.10. The lowest BCUT2D eigenvalue weighted by Gasteiger charge is -2.31. The van der Waals surface area contributed by atoms with Gasteiger partial charge in [0.15, 0.2) is 0 Å². The molecule has 0 bridgehead atoms. The summed E-state index contributed by atoms with van der Waals surface area (Å²) in [4.78, 5) is 14.8. The number of hydrogen-bond acceptors (Lipinski definition) is 4. The third-order valence-electron chi connectivity index (χ3n) is 6.31. The number of rotatable bonds is 11. The average Bonchev–Trinajstić information content (AvgIpc) is 3.31. The molecular weight excluding hydrogens is 450 g/mol. The summed E-state index contributed by atoms with van der Waals surface area (Å²) in [6.07, 6.45) is 2.38. The predicted octanol–water partition coefficient (Wildman–Crippen LogP) is 4.36. The van der Waals surface area contributed by atoms with Crippen LogP contribution in [-0.4, -0.2) is 55.0 Å². The number of nitrogens with zero attached hydrogens (tertiary/aromatic N) is 2. The molecule has 2 aromatic rings. The first-order chi connectivity index (χ1) is 16.2. The SMILES string of the molecule is CCC(C)(C)NS(=O)(=O)N1CCC[C@H]1COC(=O)N(CCc1ccccc1)Cc1ccccc1. The normalized spacial score (nSPS) is 17.0. The third kappa shape index (κ3) is 7.55. The van der Waals surface area contributed by atoms with Crippen molar-refractivity contribution < 1.29 is 17.9 Å². The maximum Gasteiger partial charge on any atom is 0.410 e. The van der Waals surface area contributed by atoms with Crippen LogP contribution < -0.4 is 4.72 Å². The minimum Gasteiger partial charge on any atom is -0.448 e. The zero-order valence-corrected chi connectivity index (χ0v) is 21.3. The summed E-state index contributed by atoms with van der Waals surface area (Å²) < 4.78 is 35.8. The average molecular weight is 488 g/mol. The molecule has 0 unspecified atom stereocenters. The third-order valence-corrected chi connectivity index (χ3v) is 8.22. The molecule has 1 heterocycles. The molecule has 8 heteroatoms. The van der Waals surface area contributed by atoms with Gasteiger partial charge in [-0.15, -0.1) is 0 Å². The van der Waals surface area contributed by atoms with E-state index in [-0.39, 0.29) is 12.6 Å². The van der Waals surface area contributed by atoms with Crippen molar-refractivity contribution in [3.8, 4) is 0 Å². The Morgan fingerprint density at radius 1 is 1.09 bits per heavy atom. The lowest BCUT2D eigenvalue weighted by molar-refractivity contribution is 0.0851. The highest BCUT2D eigenvalue weighted by Crippen LogP contribution is 2.23. The fourth-order valence-corrected chi connectivity index (χ4v) is 5.87. The summed E-state index contributed by atoms with van der Waals surface area (Å²) in [5.74, 6) is 0. The van der Waals surface area contributed by atoms with Crippen molar-refractivity contribution in [1.82, 2.24) is 13.9 Å². The van der Waals surface area contributed by atoms with Crippen molar-refractivity contribution in [3.63, 3.8) is 0 Å². The van der Waals surface area contributed by atoms with Gasteiger partial charge >= 0.3 is 6.09 Å². The summed E-state index contributed by atoms with van der Waals surface area (Å²) >= 11 is 0. The molecule has 0 radical (unpaired) electrons. The number of benzene rings is 2. The molecule has 3 rings (SSSR count). The molecule has 34 heavy (non-hydrogen) atoms. The molecule has 7 nitrogen and oxygen atoms in total. The van der Waals surface area contributed by atoms with E-state index in [4.69, 9.17) is 4.74 Å². The van der Waals surface area contributed by atoms with Crippen molar-refractivity contribution in [2.75, 3.05) is 19.7 Å². The minimum absolute atomic E-state index is 0.0446. The van der Waals surface area contributed by atoms with Crippen LogP contribution in [0, 0.1) is 0 Å². The van der Waals surface area contributed by atoms with E-state index < -0.39 is 21.8 Å². The lowest BCUT2D eigenvalue weighted by Crippen LogP contribution is -2.52. The summed E-state index contributed by atoms with van der Waals surface area (Å²) in [5, 5.41) is 0. The molecule has 2 aromatic carbocycles. The molecule has 1 aliphatic heterocycles. The smallest absolute Gasteiger partial charge is 0.410 e. The Morgan fingerprint density at radius 3 is 2.32 bits per heavy atom. The zero-order valence-electron chi connectivity index (χ0n) is 20.4. The number of ether oxygens (including phenoxy) is 1. The summed E-state index contributed by atoms with van der Waals surface area (Å²) in [6, 6.07) is 19.5. The van der Waals surface area contributed by atoms with Crippen LogP contribution in [0.15, 0.2) is 60.7 Å². The Morgan fingerprint density at radius 2 is 1.71 bits per heavy atom. The van der Waals surface area contributed by atoms with Gasteiger partial charge in [-0.05, 0) is 50.7 Å². The summed E-state index contributed by atoms with van der Waals surface area (Å²) in [5.41, 5.74) is 1.63. The fourth-order valence-electron chi connectivity index (χ4n) is 3.98. The second-order valence-corrected chi connectivity index (χ2v) is 11.1. The Kier molecular flexibility index (Phi) is 9.10. The molecule has 0 spiro atoms. The number of amides is 1. The van der Waals surface area contributed by atoms with E-state index >= 15 is 0 Å².